The van der Waals surface area contributed by atoms with E-state index in [0.717, 1.165) is 32.7 Å². The van der Waals surface area contributed by atoms with E-state index >= 15 is 0 Å². The Labute approximate surface area is 110 Å². The van der Waals surface area contributed by atoms with Crippen molar-refractivity contribution >= 4 is 5.69 Å². The quantitative estimate of drug-likeness (QED) is 0.882. The molecule has 0 amide bonds. The summed E-state index contributed by atoms with van der Waals surface area (Å²) in [5, 5.41) is 8.96. The van der Waals surface area contributed by atoms with Crippen LogP contribution < -0.4 is 4.90 Å². The van der Waals surface area contributed by atoms with Crippen LogP contribution in [0.5, 0.6) is 0 Å². The van der Waals surface area contributed by atoms with Crippen LogP contribution in [0.2, 0.25) is 0 Å². The first-order chi connectivity index (χ1) is 8.72. The van der Waals surface area contributed by atoms with Gasteiger partial charge in [-0.1, -0.05) is 32.0 Å². The molecule has 2 rings (SSSR count). The molecule has 0 radical (unpaired) electrons. The Bertz CT molecular complexity index is 371. The molecule has 1 fully saturated rings. The second-order valence-corrected chi connectivity index (χ2v) is 5.27. The molecule has 18 heavy (non-hydrogen) atoms. The summed E-state index contributed by atoms with van der Waals surface area (Å²) in [6.07, 6.45) is 0. The van der Waals surface area contributed by atoms with Crippen molar-refractivity contribution in [2.75, 3.05) is 44.2 Å². The molecule has 3 heteroatoms. The molecule has 1 saturated heterocycles. The van der Waals surface area contributed by atoms with Gasteiger partial charge in [-0.2, -0.15) is 0 Å². The Morgan fingerprint density at radius 1 is 1.11 bits per heavy atom. The number of piperazine rings is 1. The molecular weight excluding hydrogens is 224 g/mol. The fourth-order valence-electron chi connectivity index (χ4n) is 2.62. The summed E-state index contributed by atoms with van der Waals surface area (Å²) < 4.78 is 0. The summed E-state index contributed by atoms with van der Waals surface area (Å²) in [5.74, 6) is 0.566. The molecule has 1 heterocycles. The van der Waals surface area contributed by atoms with Crippen LogP contribution in [0.4, 0.5) is 5.69 Å². The van der Waals surface area contributed by atoms with E-state index in [1.54, 1.807) is 0 Å². The summed E-state index contributed by atoms with van der Waals surface area (Å²) in [6, 6.07) is 8.72. The first-order valence-corrected chi connectivity index (χ1v) is 6.89. The highest BCUT2D eigenvalue weighted by Crippen LogP contribution is 2.27. The standard InChI is InChI=1S/C15H24N2O/c1-13(2)14-5-3-4-6-15(14)17-9-7-16(8-10-17)11-12-18/h3-6,13,18H,7-12H2,1-2H3. The maximum atomic E-state index is 8.96. The molecule has 0 atom stereocenters. The van der Waals surface area contributed by atoms with Crippen molar-refractivity contribution in [1.82, 2.24) is 4.90 Å². The van der Waals surface area contributed by atoms with Gasteiger partial charge in [0, 0.05) is 38.4 Å². The predicted molar refractivity (Wildman–Crippen MR) is 76.3 cm³/mol. The van der Waals surface area contributed by atoms with E-state index in [2.05, 4.69) is 47.9 Å². The van der Waals surface area contributed by atoms with Gasteiger partial charge in [0.2, 0.25) is 0 Å². The Morgan fingerprint density at radius 3 is 2.39 bits per heavy atom. The van der Waals surface area contributed by atoms with Crippen LogP contribution in [0.1, 0.15) is 25.3 Å². The van der Waals surface area contributed by atoms with Crippen molar-refractivity contribution in [3.8, 4) is 0 Å². The van der Waals surface area contributed by atoms with Crippen molar-refractivity contribution < 1.29 is 5.11 Å². The van der Waals surface area contributed by atoms with Crippen molar-refractivity contribution in [2.45, 2.75) is 19.8 Å². The Hall–Kier alpha value is -1.06. The van der Waals surface area contributed by atoms with Crippen molar-refractivity contribution in [3.05, 3.63) is 29.8 Å². The molecule has 1 aromatic carbocycles. The second kappa shape index (κ2) is 6.21. The zero-order chi connectivity index (χ0) is 13.0. The number of aliphatic hydroxyl groups excluding tert-OH is 1. The molecule has 1 aliphatic rings. The molecule has 1 N–H and O–H groups in total. The molecule has 0 bridgehead atoms. The number of hydrogen-bond acceptors (Lipinski definition) is 3. The lowest BCUT2D eigenvalue weighted by molar-refractivity contribution is 0.188. The van der Waals surface area contributed by atoms with Crippen LogP contribution in [-0.2, 0) is 0 Å². The van der Waals surface area contributed by atoms with E-state index in [1.807, 2.05) is 0 Å². The highest BCUT2D eigenvalue weighted by Gasteiger charge is 2.19. The molecule has 1 aromatic rings. The molecule has 0 unspecified atom stereocenters. The zero-order valence-electron chi connectivity index (χ0n) is 11.5. The minimum atomic E-state index is 0.266. The van der Waals surface area contributed by atoms with Crippen molar-refractivity contribution in [3.63, 3.8) is 0 Å². The Balaban J connectivity index is 2.05. The van der Waals surface area contributed by atoms with Crippen LogP contribution in [0.15, 0.2) is 24.3 Å². The number of nitrogens with zero attached hydrogens (tertiary/aromatic N) is 2. The van der Waals surface area contributed by atoms with Gasteiger partial charge in [0.25, 0.3) is 0 Å². The predicted octanol–water partition coefficient (Wildman–Crippen LogP) is 1.92. The lowest BCUT2D eigenvalue weighted by Gasteiger charge is -2.37. The van der Waals surface area contributed by atoms with Crippen LogP contribution in [0.25, 0.3) is 0 Å². The summed E-state index contributed by atoms with van der Waals surface area (Å²) >= 11 is 0. The number of hydrogen-bond donors (Lipinski definition) is 1. The van der Waals surface area contributed by atoms with Crippen LogP contribution in [0.3, 0.4) is 0 Å². The summed E-state index contributed by atoms with van der Waals surface area (Å²) in [7, 11) is 0. The maximum Gasteiger partial charge on any atom is 0.0558 e. The third-order valence-electron chi connectivity index (χ3n) is 3.69. The smallest absolute Gasteiger partial charge is 0.0558 e. The molecule has 0 saturated carbocycles. The van der Waals surface area contributed by atoms with E-state index in [4.69, 9.17) is 5.11 Å². The molecule has 100 valence electrons. The average Bonchev–Trinajstić information content (AvgIpc) is 2.40. The van der Waals surface area contributed by atoms with Gasteiger partial charge < -0.3 is 10.0 Å². The van der Waals surface area contributed by atoms with Gasteiger partial charge in [-0.25, -0.2) is 0 Å². The van der Waals surface area contributed by atoms with Gasteiger partial charge in [-0.05, 0) is 17.5 Å². The van der Waals surface area contributed by atoms with E-state index in [1.165, 1.54) is 11.3 Å². The normalized spacial score (nSPS) is 17.4. The van der Waals surface area contributed by atoms with Gasteiger partial charge in [-0.3, -0.25) is 4.90 Å². The van der Waals surface area contributed by atoms with E-state index in [9.17, 15) is 0 Å². The molecule has 0 aliphatic carbocycles. The van der Waals surface area contributed by atoms with Gasteiger partial charge in [-0.15, -0.1) is 0 Å². The number of para-hydroxylation sites is 1. The molecule has 3 nitrogen and oxygen atoms in total. The van der Waals surface area contributed by atoms with Crippen molar-refractivity contribution in [1.29, 1.82) is 0 Å². The molecule has 1 aliphatic heterocycles. The third kappa shape index (κ3) is 3.03. The zero-order valence-corrected chi connectivity index (χ0v) is 11.5. The van der Waals surface area contributed by atoms with Gasteiger partial charge >= 0.3 is 0 Å². The SMILES string of the molecule is CC(C)c1ccccc1N1CCN(CCO)CC1. The van der Waals surface area contributed by atoms with Gasteiger partial charge in [0.1, 0.15) is 0 Å². The molecular formula is C15H24N2O. The Kier molecular flexibility index (Phi) is 4.61. The highest BCUT2D eigenvalue weighted by molar-refractivity contribution is 5.55. The molecule has 0 spiro atoms. The fourth-order valence-corrected chi connectivity index (χ4v) is 2.62. The summed E-state index contributed by atoms with van der Waals surface area (Å²) in [5.41, 5.74) is 2.82. The number of β-amino-alcohol motifs (C(OH)–C–C–N with tert-alkyl or cyclic N) is 1. The minimum absolute atomic E-state index is 0.266. The number of benzene rings is 1. The number of aliphatic hydroxyl groups is 1. The lowest BCUT2D eigenvalue weighted by atomic mass is 10.00. The highest BCUT2D eigenvalue weighted by atomic mass is 16.3. The average molecular weight is 248 g/mol. The van der Waals surface area contributed by atoms with Gasteiger partial charge in [0.15, 0.2) is 0 Å². The van der Waals surface area contributed by atoms with Crippen LogP contribution in [0, 0.1) is 0 Å². The third-order valence-corrected chi connectivity index (χ3v) is 3.69. The van der Waals surface area contributed by atoms with Crippen molar-refractivity contribution in [2.24, 2.45) is 0 Å². The first-order valence-electron chi connectivity index (χ1n) is 6.89. The van der Waals surface area contributed by atoms with E-state index < -0.39 is 0 Å². The van der Waals surface area contributed by atoms with E-state index in [-0.39, 0.29) is 6.61 Å². The van der Waals surface area contributed by atoms with Crippen LogP contribution in [-0.4, -0.2) is 49.3 Å². The maximum absolute atomic E-state index is 8.96. The molecule has 0 aromatic heterocycles. The Morgan fingerprint density at radius 2 is 1.78 bits per heavy atom. The van der Waals surface area contributed by atoms with Crippen LogP contribution >= 0.6 is 0 Å². The monoisotopic (exact) mass is 248 g/mol. The first kappa shape index (κ1) is 13.4. The fraction of sp³-hybridized carbons (Fsp3) is 0.600. The summed E-state index contributed by atoms with van der Waals surface area (Å²) in [4.78, 5) is 4.80. The number of rotatable bonds is 4. The largest absolute Gasteiger partial charge is 0.395 e. The number of anilines is 1. The topological polar surface area (TPSA) is 26.7 Å². The van der Waals surface area contributed by atoms with E-state index in [0.29, 0.717) is 5.92 Å². The lowest BCUT2D eigenvalue weighted by Crippen LogP contribution is -2.47. The minimum Gasteiger partial charge on any atom is -0.395 e. The summed E-state index contributed by atoms with van der Waals surface area (Å²) in [6.45, 7) is 9.79. The second-order valence-electron chi connectivity index (χ2n) is 5.27. The van der Waals surface area contributed by atoms with Gasteiger partial charge in [0.05, 0.1) is 6.61 Å².